The van der Waals surface area contributed by atoms with Crippen molar-refractivity contribution >= 4 is 38.7 Å². The van der Waals surface area contributed by atoms with Crippen LogP contribution in [0.5, 0.6) is 0 Å². The van der Waals surface area contributed by atoms with Crippen LogP contribution in [0.25, 0.3) is 0 Å². The summed E-state index contributed by atoms with van der Waals surface area (Å²) in [7, 11) is 0. The molecule has 0 N–H and O–H groups in total. The molecule has 4 heavy (non-hydrogen) atoms. The molecule has 0 bridgehead atoms. The molecule has 0 amide bonds. The first kappa shape index (κ1) is 8.87. The fraction of sp³-hybridized carbons (Fsp3) is 0. The molecule has 0 rings (SSSR count). The van der Waals surface area contributed by atoms with Crippen molar-refractivity contribution in [3.8, 4) is 0 Å². The first-order valence-corrected chi connectivity index (χ1v) is 2.74. The molecule has 4 heteroatoms. The summed E-state index contributed by atoms with van der Waals surface area (Å²) in [5.41, 5.74) is 0. The standard InChI is InChI=1S/GeH4.2O.Sn/h1H4;;;. The van der Waals surface area contributed by atoms with Crippen molar-refractivity contribution < 1.29 is 6.15 Å². The van der Waals surface area contributed by atoms with Gasteiger partial charge in [-0.3, -0.25) is 0 Å². The molecular formula is H4GeO2Sn. The van der Waals surface area contributed by atoms with E-state index in [1.807, 2.05) is 0 Å². The van der Waals surface area contributed by atoms with E-state index in [-0.39, 0.29) is 17.6 Å². The first-order valence-electron chi connectivity index (χ1n) is 0.408. The van der Waals surface area contributed by atoms with Crippen LogP contribution in [-0.4, -0.2) is 38.7 Å². The number of hydrogen-bond acceptors (Lipinski definition) is 2. The Labute approximate surface area is 44.9 Å². The summed E-state index contributed by atoms with van der Waals surface area (Å²) in [6.07, 6.45) is 0. The summed E-state index contributed by atoms with van der Waals surface area (Å²) >= 11 is -2.27. The Morgan fingerprint density at radius 3 is 1.25 bits per heavy atom. The first-order chi connectivity index (χ1) is 1.41. The van der Waals surface area contributed by atoms with E-state index >= 15 is 0 Å². The van der Waals surface area contributed by atoms with Crippen LogP contribution in [0.1, 0.15) is 0 Å². The molecule has 0 aliphatic heterocycles. The minimum atomic E-state index is -2.27. The molecule has 24 valence electrons. The van der Waals surface area contributed by atoms with E-state index in [9.17, 15) is 0 Å². The molecule has 0 aliphatic rings. The van der Waals surface area contributed by atoms with Crippen molar-refractivity contribution in [3.63, 3.8) is 0 Å². The Bertz CT molecular complexity index is 27.0. The van der Waals surface area contributed by atoms with E-state index < -0.39 is 21.1 Å². The summed E-state index contributed by atoms with van der Waals surface area (Å²) in [6, 6.07) is 0. The van der Waals surface area contributed by atoms with Gasteiger partial charge in [-0.2, -0.15) is 0 Å². The Balaban J connectivity index is 0. The predicted molar refractivity (Wildman–Crippen MR) is 18.5 cm³/mol. The number of hydrogen-bond donors (Lipinski definition) is 0. The van der Waals surface area contributed by atoms with Crippen molar-refractivity contribution in [2.45, 2.75) is 0 Å². The van der Waals surface area contributed by atoms with Crippen molar-refractivity contribution in [3.05, 3.63) is 0 Å². The summed E-state index contributed by atoms with van der Waals surface area (Å²) in [6.45, 7) is 0. The molecule has 0 radical (unpaired) electrons. The molecular weight excluding hydrogens is 223 g/mol. The van der Waals surface area contributed by atoms with E-state index in [2.05, 4.69) is 0 Å². The third-order valence-corrected chi connectivity index (χ3v) is 0. The molecule has 0 aromatic carbocycles. The molecule has 0 unspecified atom stereocenters. The third kappa shape index (κ3) is 12.5. The third-order valence-electron chi connectivity index (χ3n) is 0. The predicted octanol–water partition coefficient (Wildman–Crippen LogP) is -2.07. The van der Waals surface area contributed by atoms with Gasteiger partial charge in [0.15, 0.2) is 0 Å². The fourth-order valence-corrected chi connectivity index (χ4v) is 0. The molecule has 0 heterocycles. The average molecular weight is 227 g/mol. The topological polar surface area (TPSA) is 34.1 Å². The van der Waals surface area contributed by atoms with Gasteiger partial charge < -0.3 is 0 Å². The van der Waals surface area contributed by atoms with Crippen LogP contribution in [0.15, 0.2) is 0 Å². The summed E-state index contributed by atoms with van der Waals surface area (Å²) in [4.78, 5) is 0. The van der Waals surface area contributed by atoms with E-state index in [1.54, 1.807) is 0 Å². The van der Waals surface area contributed by atoms with Crippen LogP contribution in [0, 0.1) is 0 Å². The second kappa shape index (κ2) is 9.05. The zero-order valence-electron chi connectivity index (χ0n) is 1.32. The monoisotopic (exact) mass is 230 g/mol. The molecule has 0 aromatic heterocycles. The maximum atomic E-state index is 8.54. The van der Waals surface area contributed by atoms with Gasteiger partial charge in [0.2, 0.25) is 0 Å². The summed E-state index contributed by atoms with van der Waals surface area (Å²) in [5.74, 6) is 0. The van der Waals surface area contributed by atoms with Gasteiger partial charge in [0, 0.05) is 0 Å². The van der Waals surface area contributed by atoms with Crippen molar-refractivity contribution in [1.82, 2.24) is 0 Å². The SMILES string of the molecule is [GeH4].[O]=[Sn]=[O]. The van der Waals surface area contributed by atoms with Gasteiger partial charge in [-0.15, -0.1) is 0 Å². The van der Waals surface area contributed by atoms with Crippen LogP contribution in [0.3, 0.4) is 0 Å². The van der Waals surface area contributed by atoms with Crippen LogP contribution < -0.4 is 0 Å². The fourth-order valence-electron chi connectivity index (χ4n) is 0. The zero-order chi connectivity index (χ0) is 2.71. The van der Waals surface area contributed by atoms with E-state index in [1.165, 1.54) is 0 Å². The van der Waals surface area contributed by atoms with Crippen molar-refractivity contribution in [2.75, 3.05) is 0 Å². The molecule has 0 spiro atoms. The van der Waals surface area contributed by atoms with Gasteiger partial charge in [0.1, 0.15) is 0 Å². The molecule has 2 nitrogen and oxygen atoms in total. The molecule has 0 aliphatic carbocycles. The summed E-state index contributed by atoms with van der Waals surface area (Å²) < 4.78 is 17.1. The van der Waals surface area contributed by atoms with Crippen molar-refractivity contribution in [1.29, 1.82) is 0 Å². The Morgan fingerprint density at radius 1 is 1.25 bits per heavy atom. The van der Waals surface area contributed by atoms with Crippen LogP contribution in [-0.2, 0) is 6.15 Å². The molecule has 0 fully saturated rings. The van der Waals surface area contributed by atoms with E-state index in [4.69, 9.17) is 6.15 Å². The minimum absolute atomic E-state index is 0. The van der Waals surface area contributed by atoms with Gasteiger partial charge in [-0.1, -0.05) is 0 Å². The maximum absolute atomic E-state index is 8.54. The second-order valence-electron chi connectivity index (χ2n) is 0.0833. The van der Waals surface area contributed by atoms with Crippen LogP contribution in [0.4, 0.5) is 0 Å². The molecule has 0 aromatic rings. The molecule has 0 atom stereocenters. The van der Waals surface area contributed by atoms with E-state index in [0.717, 1.165) is 0 Å². The Hall–Kier alpha value is 0.942. The average Bonchev–Trinajstić information content (AvgIpc) is 0.918. The van der Waals surface area contributed by atoms with Crippen molar-refractivity contribution in [2.24, 2.45) is 0 Å². The van der Waals surface area contributed by atoms with Crippen LogP contribution >= 0.6 is 0 Å². The quantitative estimate of drug-likeness (QED) is 0.446. The zero-order valence-corrected chi connectivity index (χ0v) is 4.17. The number of rotatable bonds is 0. The van der Waals surface area contributed by atoms with Gasteiger partial charge in [-0.05, 0) is 0 Å². The molecule has 0 saturated heterocycles. The normalized spacial score (nSPS) is 2.00. The van der Waals surface area contributed by atoms with Gasteiger partial charge in [0.05, 0.1) is 0 Å². The molecule has 0 saturated carbocycles. The Morgan fingerprint density at radius 2 is 1.25 bits per heavy atom. The van der Waals surface area contributed by atoms with E-state index in [0.29, 0.717) is 0 Å². The van der Waals surface area contributed by atoms with Gasteiger partial charge >= 0.3 is 44.9 Å². The summed E-state index contributed by atoms with van der Waals surface area (Å²) in [5, 5.41) is 0. The van der Waals surface area contributed by atoms with Gasteiger partial charge in [-0.25, -0.2) is 0 Å². The Kier molecular flexibility index (Phi) is 20.1. The van der Waals surface area contributed by atoms with Gasteiger partial charge in [0.25, 0.3) is 0 Å². The second-order valence-corrected chi connectivity index (χ2v) is 0.559. The van der Waals surface area contributed by atoms with Crippen LogP contribution in [0.2, 0.25) is 0 Å².